The van der Waals surface area contributed by atoms with Crippen LogP contribution in [0.2, 0.25) is 0 Å². The van der Waals surface area contributed by atoms with Gasteiger partial charge in [0.2, 0.25) is 0 Å². The number of carbonyl (C=O) groups is 1. The van der Waals surface area contributed by atoms with Gasteiger partial charge in [0.1, 0.15) is 0 Å². The number of nitrogens with zero attached hydrogens (tertiary/aromatic N) is 1. The van der Waals surface area contributed by atoms with Gasteiger partial charge < -0.3 is 4.74 Å². The van der Waals surface area contributed by atoms with Crippen molar-refractivity contribution >= 4 is 11.6 Å². The van der Waals surface area contributed by atoms with E-state index in [-0.39, 0.29) is 12.5 Å². The molecule has 0 radical (unpaired) electrons. The van der Waals surface area contributed by atoms with E-state index in [2.05, 4.69) is 16.6 Å². The molecule has 0 saturated carbocycles. The van der Waals surface area contributed by atoms with Crippen LogP contribution in [0.5, 0.6) is 0 Å². The molecule has 106 valence electrons. The summed E-state index contributed by atoms with van der Waals surface area (Å²) in [7, 11) is 0. The summed E-state index contributed by atoms with van der Waals surface area (Å²) < 4.78 is 5.46. The molecule has 2 rings (SSSR count). The Kier molecular flexibility index (Phi) is 5.35. The Morgan fingerprint density at radius 3 is 2.80 bits per heavy atom. The summed E-state index contributed by atoms with van der Waals surface area (Å²) in [6.07, 6.45) is 6.38. The molecular formula is C16H20N2O2. The summed E-state index contributed by atoms with van der Waals surface area (Å²) in [4.78, 5) is 11.7. The van der Waals surface area contributed by atoms with Crippen molar-refractivity contribution in [1.82, 2.24) is 5.43 Å². The highest BCUT2D eigenvalue weighted by atomic mass is 16.5. The lowest BCUT2D eigenvalue weighted by atomic mass is 10.1. The number of benzene rings is 1. The molecular weight excluding hydrogens is 252 g/mol. The summed E-state index contributed by atoms with van der Waals surface area (Å²) in [5, 5.41) is 4.08. The molecule has 1 aromatic rings. The first-order valence-electron chi connectivity index (χ1n) is 6.96. The molecule has 0 saturated heterocycles. The third-order valence-corrected chi connectivity index (χ3v) is 3.18. The van der Waals surface area contributed by atoms with Gasteiger partial charge in [-0.3, -0.25) is 4.79 Å². The van der Waals surface area contributed by atoms with Crippen molar-refractivity contribution in [2.45, 2.75) is 32.6 Å². The number of hydrogen-bond acceptors (Lipinski definition) is 3. The van der Waals surface area contributed by atoms with E-state index in [0.29, 0.717) is 0 Å². The van der Waals surface area contributed by atoms with E-state index < -0.39 is 0 Å². The Morgan fingerprint density at radius 2 is 2.10 bits per heavy atom. The largest absolute Gasteiger partial charge is 0.488 e. The third kappa shape index (κ3) is 4.53. The van der Waals surface area contributed by atoms with Crippen LogP contribution in [0, 0.1) is 0 Å². The van der Waals surface area contributed by atoms with Gasteiger partial charge in [0, 0.05) is 6.42 Å². The predicted octanol–water partition coefficient (Wildman–Crippen LogP) is 3.00. The number of hydrogen-bond donors (Lipinski definition) is 1. The fourth-order valence-corrected chi connectivity index (χ4v) is 2.02. The molecule has 1 aliphatic rings. The molecule has 0 aromatic heterocycles. The first-order valence-corrected chi connectivity index (χ1v) is 6.96. The quantitative estimate of drug-likeness (QED) is 0.661. The van der Waals surface area contributed by atoms with Gasteiger partial charge in [0.25, 0.3) is 5.91 Å². The molecule has 1 N–H and O–H groups in total. The van der Waals surface area contributed by atoms with Crippen molar-refractivity contribution in [2.24, 2.45) is 5.10 Å². The molecule has 0 unspecified atom stereocenters. The van der Waals surface area contributed by atoms with Crippen LogP contribution in [-0.4, -0.2) is 18.2 Å². The predicted molar refractivity (Wildman–Crippen MR) is 79.3 cm³/mol. The zero-order valence-electron chi connectivity index (χ0n) is 11.8. The van der Waals surface area contributed by atoms with Crippen LogP contribution in [-0.2, 0) is 9.53 Å². The molecule has 1 amide bonds. The van der Waals surface area contributed by atoms with Crippen molar-refractivity contribution in [3.8, 4) is 0 Å². The second-order valence-corrected chi connectivity index (χ2v) is 4.80. The van der Waals surface area contributed by atoms with Crippen LogP contribution in [0.3, 0.4) is 0 Å². The molecule has 0 heterocycles. The smallest absolute Gasteiger partial charge is 0.277 e. The van der Waals surface area contributed by atoms with Crippen molar-refractivity contribution in [2.75, 3.05) is 6.61 Å². The lowest BCUT2D eigenvalue weighted by molar-refractivity contribution is -0.124. The molecule has 0 spiro atoms. The van der Waals surface area contributed by atoms with E-state index in [1.54, 1.807) is 0 Å². The van der Waals surface area contributed by atoms with Crippen molar-refractivity contribution in [3.63, 3.8) is 0 Å². The molecule has 4 heteroatoms. The number of allylic oxidation sites excluding steroid dienone is 2. The first-order chi connectivity index (χ1) is 9.75. The van der Waals surface area contributed by atoms with E-state index in [9.17, 15) is 4.79 Å². The molecule has 1 aliphatic carbocycles. The second kappa shape index (κ2) is 7.48. The van der Waals surface area contributed by atoms with E-state index in [0.717, 1.165) is 36.3 Å². The van der Waals surface area contributed by atoms with Crippen LogP contribution in [0.1, 0.15) is 38.2 Å². The molecule has 0 fully saturated rings. The maximum atomic E-state index is 11.7. The SMILES string of the molecule is C/C(=N\NC(=O)COC1=CCCCC1)c1ccccc1. The number of nitrogens with one attached hydrogen (secondary N) is 1. The Balaban J connectivity index is 1.78. The standard InChI is InChI=1S/C16H20N2O2/c1-13(14-8-4-2-5-9-14)17-18-16(19)12-20-15-10-6-3-7-11-15/h2,4-5,8-10H,3,6-7,11-12H2,1H3,(H,18,19)/b17-13+. The van der Waals surface area contributed by atoms with Gasteiger partial charge in [-0.25, -0.2) is 5.43 Å². The highest BCUT2D eigenvalue weighted by Crippen LogP contribution is 2.17. The van der Waals surface area contributed by atoms with E-state index >= 15 is 0 Å². The van der Waals surface area contributed by atoms with Gasteiger partial charge in [-0.15, -0.1) is 0 Å². The Morgan fingerprint density at radius 1 is 1.30 bits per heavy atom. The number of amides is 1. The highest BCUT2D eigenvalue weighted by Gasteiger charge is 2.07. The second-order valence-electron chi connectivity index (χ2n) is 4.80. The van der Waals surface area contributed by atoms with Crippen LogP contribution >= 0.6 is 0 Å². The lowest BCUT2D eigenvalue weighted by Crippen LogP contribution is -2.24. The fourth-order valence-electron chi connectivity index (χ4n) is 2.02. The monoisotopic (exact) mass is 272 g/mol. The maximum Gasteiger partial charge on any atom is 0.277 e. The summed E-state index contributed by atoms with van der Waals surface area (Å²) in [6.45, 7) is 1.89. The average molecular weight is 272 g/mol. The summed E-state index contributed by atoms with van der Waals surface area (Å²) in [6, 6.07) is 9.73. The fraction of sp³-hybridized carbons (Fsp3) is 0.375. The molecule has 0 aliphatic heterocycles. The van der Waals surface area contributed by atoms with Crippen LogP contribution in [0.4, 0.5) is 0 Å². The maximum absolute atomic E-state index is 11.7. The van der Waals surface area contributed by atoms with Crippen LogP contribution < -0.4 is 5.43 Å². The van der Waals surface area contributed by atoms with Crippen molar-refractivity contribution < 1.29 is 9.53 Å². The molecule has 1 aromatic carbocycles. The van der Waals surface area contributed by atoms with E-state index in [4.69, 9.17) is 4.74 Å². The van der Waals surface area contributed by atoms with Gasteiger partial charge in [0.15, 0.2) is 6.61 Å². The van der Waals surface area contributed by atoms with Gasteiger partial charge in [-0.05, 0) is 37.8 Å². The normalized spacial score (nSPS) is 15.4. The highest BCUT2D eigenvalue weighted by molar-refractivity contribution is 5.99. The summed E-state index contributed by atoms with van der Waals surface area (Å²) in [5.41, 5.74) is 4.28. The zero-order valence-corrected chi connectivity index (χ0v) is 11.8. The van der Waals surface area contributed by atoms with Crippen LogP contribution in [0.15, 0.2) is 47.3 Å². The number of rotatable bonds is 5. The minimum absolute atomic E-state index is 0.0252. The topological polar surface area (TPSA) is 50.7 Å². The van der Waals surface area contributed by atoms with Gasteiger partial charge >= 0.3 is 0 Å². The van der Waals surface area contributed by atoms with Crippen molar-refractivity contribution in [1.29, 1.82) is 0 Å². The number of hydrazone groups is 1. The minimum Gasteiger partial charge on any atom is -0.488 e. The minimum atomic E-state index is -0.230. The van der Waals surface area contributed by atoms with Gasteiger partial charge in [0.05, 0.1) is 11.5 Å². The van der Waals surface area contributed by atoms with Crippen molar-refractivity contribution in [3.05, 3.63) is 47.7 Å². The molecule has 4 nitrogen and oxygen atoms in total. The average Bonchev–Trinajstić information content (AvgIpc) is 2.52. The zero-order chi connectivity index (χ0) is 14.2. The molecule has 0 atom stereocenters. The Hall–Kier alpha value is -2.10. The summed E-state index contributed by atoms with van der Waals surface area (Å²) >= 11 is 0. The van der Waals surface area contributed by atoms with E-state index in [1.807, 2.05) is 37.3 Å². The first kappa shape index (κ1) is 14.3. The van der Waals surface area contributed by atoms with Crippen LogP contribution in [0.25, 0.3) is 0 Å². The van der Waals surface area contributed by atoms with Gasteiger partial charge in [-0.1, -0.05) is 30.3 Å². The Labute approximate surface area is 119 Å². The Bertz CT molecular complexity index is 506. The van der Waals surface area contributed by atoms with Gasteiger partial charge in [-0.2, -0.15) is 5.10 Å². The number of carbonyl (C=O) groups excluding carboxylic acids is 1. The summed E-state index contributed by atoms with van der Waals surface area (Å²) in [5.74, 6) is 0.696. The molecule has 0 bridgehead atoms. The lowest BCUT2D eigenvalue weighted by Gasteiger charge is -2.13. The number of ether oxygens (including phenoxy) is 1. The third-order valence-electron chi connectivity index (χ3n) is 3.18. The van der Waals surface area contributed by atoms with E-state index in [1.165, 1.54) is 6.42 Å². The molecule has 20 heavy (non-hydrogen) atoms.